The predicted octanol–water partition coefficient (Wildman–Crippen LogP) is 5.08. The first-order valence-corrected chi connectivity index (χ1v) is 8.86. The molecule has 22 heavy (non-hydrogen) atoms. The summed E-state index contributed by atoms with van der Waals surface area (Å²) < 4.78 is 5.25. The molecule has 3 heteroatoms. The SMILES string of the molecule is COc1ccc(N(Cc2ccc(SC)cc2)CC(C)C)cc1. The van der Waals surface area contributed by atoms with Crippen LogP contribution in [0.4, 0.5) is 5.69 Å². The highest BCUT2D eigenvalue weighted by atomic mass is 32.2. The van der Waals surface area contributed by atoms with Gasteiger partial charge in [-0.3, -0.25) is 0 Å². The van der Waals surface area contributed by atoms with Gasteiger partial charge < -0.3 is 9.64 Å². The highest BCUT2D eigenvalue weighted by molar-refractivity contribution is 7.98. The standard InChI is InChI=1S/C19H25NOS/c1-15(2)13-20(17-7-9-18(21-3)10-8-17)14-16-5-11-19(22-4)12-6-16/h5-12,15H,13-14H2,1-4H3. The third-order valence-corrected chi connectivity index (χ3v) is 4.30. The summed E-state index contributed by atoms with van der Waals surface area (Å²) in [4.78, 5) is 3.74. The molecule has 0 amide bonds. The minimum atomic E-state index is 0.618. The summed E-state index contributed by atoms with van der Waals surface area (Å²) in [5, 5.41) is 0. The minimum Gasteiger partial charge on any atom is -0.497 e. The van der Waals surface area contributed by atoms with Crippen molar-refractivity contribution in [2.75, 3.05) is 24.8 Å². The van der Waals surface area contributed by atoms with Crippen molar-refractivity contribution in [3.8, 4) is 5.75 Å². The number of hydrogen-bond acceptors (Lipinski definition) is 3. The molecule has 0 spiro atoms. The lowest BCUT2D eigenvalue weighted by molar-refractivity contribution is 0.415. The molecule has 0 atom stereocenters. The van der Waals surface area contributed by atoms with E-state index in [-0.39, 0.29) is 0 Å². The molecule has 2 aromatic carbocycles. The van der Waals surface area contributed by atoms with Gasteiger partial charge in [0.25, 0.3) is 0 Å². The molecule has 0 saturated heterocycles. The number of thioether (sulfide) groups is 1. The van der Waals surface area contributed by atoms with Gasteiger partial charge in [0.15, 0.2) is 0 Å². The van der Waals surface area contributed by atoms with Gasteiger partial charge in [0.05, 0.1) is 7.11 Å². The van der Waals surface area contributed by atoms with Crippen LogP contribution >= 0.6 is 11.8 Å². The van der Waals surface area contributed by atoms with E-state index in [2.05, 4.69) is 61.4 Å². The molecule has 0 aliphatic rings. The van der Waals surface area contributed by atoms with Crippen molar-refractivity contribution < 1.29 is 4.74 Å². The first-order valence-electron chi connectivity index (χ1n) is 7.64. The summed E-state index contributed by atoms with van der Waals surface area (Å²) in [7, 11) is 1.70. The number of anilines is 1. The average Bonchev–Trinajstić information content (AvgIpc) is 2.54. The van der Waals surface area contributed by atoms with Gasteiger partial charge in [0.1, 0.15) is 5.75 Å². The molecule has 0 aliphatic heterocycles. The maximum Gasteiger partial charge on any atom is 0.119 e. The monoisotopic (exact) mass is 315 g/mol. The Balaban J connectivity index is 2.16. The average molecular weight is 315 g/mol. The summed E-state index contributed by atoms with van der Waals surface area (Å²) in [5.74, 6) is 1.52. The summed E-state index contributed by atoms with van der Waals surface area (Å²) in [5.41, 5.74) is 2.58. The van der Waals surface area contributed by atoms with E-state index >= 15 is 0 Å². The van der Waals surface area contributed by atoms with Gasteiger partial charge in [-0.2, -0.15) is 0 Å². The Bertz CT molecular complexity index is 563. The van der Waals surface area contributed by atoms with E-state index in [1.165, 1.54) is 16.1 Å². The fourth-order valence-corrected chi connectivity index (χ4v) is 2.85. The Morgan fingerprint density at radius 3 is 2.14 bits per heavy atom. The van der Waals surface area contributed by atoms with Crippen LogP contribution in [0.1, 0.15) is 19.4 Å². The number of hydrogen-bond donors (Lipinski definition) is 0. The largest absolute Gasteiger partial charge is 0.497 e. The van der Waals surface area contributed by atoms with Crippen molar-refractivity contribution in [2.24, 2.45) is 5.92 Å². The van der Waals surface area contributed by atoms with E-state index < -0.39 is 0 Å². The van der Waals surface area contributed by atoms with Crippen LogP contribution < -0.4 is 9.64 Å². The normalized spacial score (nSPS) is 10.8. The quantitative estimate of drug-likeness (QED) is 0.661. The number of ether oxygens (including phenoxy) is 1. The maximum absolute atomic E-state index is 5.25. The number of rotatable bonds is 7. The van der Waals surface area contributed by atoms with Gasteiger partial charge in [-0.15, -0.1) is 11.8 Å². The van der Waals surface area contributed by atoms with Gasteiger partial charge in [-0.05, 0) is 54.1 Å². The van der Waals surface area contributed by atoms with Gasteiger partial charge in [0.2, 0.25) is 0 Å². The fraction of sp³-hybridized carbons (Fsp3) is 0.368. The van der Waals surface area contributed by atoms with Gasteiger partial charge in [-0.25, -0.2) is 0 Å². The van der Waals surface area contributed by atoms with E-state index in [0.717, 1.165) is 18.8 Å². The summed E-state index contributed by atoms with van der Waals surface area (Å²) in [6.45, 7) is 6.48. The Labute approximate surface area is 138 Å². The summed E-state index contributed by atoms with van der Waals surface area (Å²) >= 11 is 1.78. The Kier molecular flexibility index (Phi) is 6.20. The van der Waals surface area contributed by atoms with E-state index in [1.54, 1.807) is 18.9 Å². The lowest BCUT2D eigenvalue weighted by Gasteiger charge is -2.27. The van der Waals surface area contributed by atoms with Crippen LogP contribution in [0, 0.1) is 5.92 Å². The van der Waals surface area contributed by atoms with Crippen LogP contribution in [-0.4, -0.2) is 19.9 Å². The predicted molar refractivity (Wildman–Crippen MR) is 97.1 cm³/mol. The van der Waals surface area contributed by atoms with Crippen LogP contribution in [0.25, 0.3) is 0 Å². The maximum atomic E-state index is 5.25. The zero-order chi connectivity index (χ0) is 15.9. The smallest absolute Gasteiger partial charge is 0.119 e. The highest BCUT2D eigenvalue weighted by Gasteiger charge is 2.10. The molecule has 0 aromatic heterocycles. The Hall–Kier alpha value is -1.61. The second-order valence-corrected chi connectivity index (χ2v) is 6.70. The molecule has 118 valence electrons. The van der Waals surface area contributed by atoms with E-state index in [1.807, 2.05) is 12.1 Å². The molecule has 0 heterocycles. The molecule has 0 fully saturated rings. The van der Waals surface area contributed by atoms with E-state index in [0.29, 0.717) is 5.92 Å². The topological polar surface area (TPSA) is 12.5 Å². The second-order valence-electron chi connectivity index (χ2n) is 5.82. The molecule has 2 nitrogen and oxygen atoms in total. The summed E-state index contributed by atoms with van der Waals surface area (Å²) in [6, 6.07) is 17.2. The first kappa shape index (κ1) is 16.8. The van der Waals surface area contributed by atoms with Gasteiger partial charge >= 0.3 is 0 Å². The zero-order valence-corrected chi connectivity index (χ0v) is 14.7. The van der Waals surface area contributed by atoms with Crippen molar-refractivity contribution in [3.05, 3.63) is 54.1 Å². The van der Waals surface area contributed by atoms with Gasteiger partial charge in [-0.1, -0.05) is 26.0 Å². The van der Waals surface area contributed by atoms with Crippen molar-refractivity contribution in [1.29, 1.82) is 0 Å². The van der Waals surface area contributed by atoms with Gasteiger partial charge in [0, 0.05) is 23.7 Å². The minimum absolute atomic E-state index is 0.618. The van der Waals surface area contributed by atoms with Crippen LogP contribution in [-0.2, 0) is 6.54 Å². The van der Waals surface area contributed by atoms with Crippen LogP contribution in [0.5, 0.6) is 5.75 Å². The van der Waals surface area contributed by atoms with Crippen molar-refractivity contribution in [2.45, 2.75) is 25.3 Å². The lowest BCUT2D eigenvalue weighted by Crippen LogP contribution is -2.27. The molecule has 0 N–H and O–H groups in total. The van der Waals surface area contributed by atoms with Crippen LogP contribution in [0.2, 0.25) is 0 Å². The number of nitrogens with zero attached hydrogens (tertiary/aromatic N) is 1. The fourth-order valence-electron chi connectivity index (χ4n) is 2.45. The zero-order valence-electron chi connectivity index (χ0n) is 13.9. The molecular formula is C19H25NOS. The summed E-state index contributed by atoms with van der Waals surface area (Å²) in [6.07, 6.45) is 2.11. The van der Waals surface area contributed by atoms with Crippen molar-refractivity contribution in [1.82, 2.24) is 0 Å². The van der Waals surface area contributed by atoms with Crippen molar-refractivity contribution >= 4 is 17.4 Å². The number of benzene rings is 2. The first-order chi connectivity index (χ1) is 10.6. The Morgan fingerprint density at radius 2 is 1.64 bits per heavy atom. The van der Waals surface area contributed by atoms with Crippen LogP contribution in [0.15, 0.2) is 53.4 Å². The molecule has 2 aromatic rings. The molecule has 0 saturated carbocycles. The van der Waals surface area contributed by atoms with Crippen LogP contribution in [0.3, 0.4) is 0 Å². The highest BCUT2D eigenvalue weighted by Crippen LogP contribution is 2.23. The van der Waals surface area contributed by atoms with E-state index in [4.69, 9.17) is 4.74 Å². The molecule has 0 bridgehead atoms. The van der Waals surface area contributed by atoms with E-state index in [9.17, 15) is 0 Å². The van der Waals surface area contributed by atoms with Crippen molar-refractivity contribution in [3.63, 3.8) is 0 Å². The number of methoxy groups -OCH3 is 1. The third kappa shape index (κ3) is 4.70. The molecule has 0 aliphatic carbocycles. The second kappa shape index (κ2) is 8.14. The third-order valence-electron chi connectivity index (χ3n) is 3.56. The molecular weight excluding hydrogens is 290 g/mol. The molecule has 0 radical (unpaired) electrons. The molecule has 2 rings (SSSR count). The molecule has 0 unspecified atom stereocenters. The lowest BCUT2D eigenvalue weighted by atomic mass is 10.1. The Morgan fingerprint density at radius 1 is 1.00 bits per heavy atom.